The molecule has 7 heteroatoms. The molecule has 1 unspecified atom stereocenters. The number of rotatable bonds is 4. The molecule has 3 heterocycles. The largest absolute Gasteiger partial charge is 0.481 e. The third-order valence-corrected chi connectivity index (χ3v) is 5.10. The molecule has 0 bridgehead atoms. The van der Waals surface area contributed by atoms with Crippen LogP contribution in [0.15, 0.2) is 47.2 Å². The van der Waals surface area contributed by atoms with E-state index in [2.05, 4.69) is 20.1 Å². The third kappa shape index (κ3) is 2.68. The Balaban J connectivity index is 1.53. The number of aryl methyl sites for hydroxylation is 1. The maximum Gasteiger partial charge on any atom is 0.304 e. The highest BCUT2D eigenvalue weighted by molar-refractivity contribution is 5.89. The number of nitrogens with zero attached hydrogens (tertiary/aromatic N) is 3. The maximum atomic E-state index is 11.1. The number of hydrogen-bond donors (Lipinski definition) is 2. The standard InChI is InChI=1S/C20H16N4O3/c25-17(26)9-11-3-5-14-15-8-12(4-6-16(15)22-18(11)14)19-23-20(27-24-19)13-2-1-7-21-10-13/h1-2,4,6-8,10-11,22H,3,5,9H2,(H,25,26). The van der Waals surface area contributed by atoms with Crippen LogP contribution in [0.3, 0.4) is 0 Å². The summed E-state index contributed by atoms with van der Waals surface area (Å²) >= 11 is 0. The molecule has 0 aliphatic heterocycles. The molecule has 5 rings (SSSR count). The summed E-state index contributed by atoms with van der Waals surface area (Å²) in [5, 5.41) is 14.3. The van der Waals surface area contributed by atoms with Gasteiger partial charge in [-0.1, -0.05) is 5.16 Å². The molecule has 3 aromatic heterocycles. The van der Waals surface area contributed by atoms with Crippen LogP contribution in [0.2, 0.25) is 0 Å². The Labute approximate surface area is 154 Å². The fourth-order valence-corrected chi connectivity index (χ4v) is 3.85. The lowest BCUT2D eigenvalue weighted by atomic mass is 10.0. The van der Waals surface area contributed by atoms with Crippen molar-refractivity contribution in [1.29, 1.82) is 0 Å². The van der Waals surface area contributed by atoms with Gasteiger partial charge < -0.3 is 14.6 Å². The molecule has 0 saturated carbocycles. The molecule has 1 aromatic carbocycles. The SMILES string of the molecule is O=C(O)CC1CCc2c1[nH]c1ccc(-c3noc(-c4cccnc4)n3)cc21. The quantitative estimate of drug-likeness (QED) is 0.574. The highest BCUT2D eigenvalue weighted by atomic mass is 16.5. The van der Waals surface area contributed by atoms with Gasteiger partial charge in [0.2, 0.25) is 5.82 Å². The van der Waals surface area contributed by atoms with Crippen LogP contribution in [0, 0.1) is 0 Å². The topological polar surface area (TPSA) is 105 Å². The van der Waals surface area contributed by atoms with Crippen molar-refractivity contribution in [3.63, 3.8) is 0 Å². The first-order valence-corrected chi connectivity index (χ1v) is 8.80. The summed E-state index contributed by atoms with van der Waals surface area (Å²) in [6.07, 6.45) is 5.28. The lowest BCUT2D eigenvalue weighted by Gasteiger charge is -2.05. The average Bonchev–Trinajstić information content (AvgIpc) is 3.38. The van der Waals surface area contributed by atoms with Gasteiger partial charge in [0.1, 0.15) is 0 Å². The molecular formula is C20H16N4O3. The van der Waals surface area contributed by atoms with Gasteiger partial charge in [0.15, 0.2) is 0 Å². The van der Waals surface area contributed by atoms with Crippen LogP contribution in [-0.4, -0.2) is 31.2 Å². The average molecular weight is 360 g/mol. The molecule has 1 aliphatic carbocycles. The van der Waals surface area contributed by atoms with Gasteiger partial charge in [0.25, 0.3) is 5.89 Å². The van der Waals surface area contributed by atoms with Gasteiger partial charge in [0.05, 0.1) is 12.0 Å². The summed E-state index contributed by atoms with van der Waals surface area (Å²) in [5.41, 5.74) is 4.90. The summed E-state index contributed by atoms with van der Waals surface area (Å²) in [6, 6.07) is 9.67. The predicted octanol–water partition coefficient (Wildman–Crippen LogP) is 3.78. The van der Waals surface area contributed by atoms with Gasteiger partial charge >= 0.3 is 5.97 Å². The van der Waals surface area contributed by atoms with E-state index in [1.807, 2.05) is 30.3 Å². The zero-order chi connectivity index (χ0) is 18.4. The lowest BCUT2D eigenvalue weighted by Crippen LogP contribution is -2.03. The number of aromatic nitrogens is 4. The third-order valence-electron chi connectivity index (χ3n) is 5.10. The fourth-order valence-electron chi connectivity index (χ4n) is 3.85. The van der Waals surface area contributed by atoms with Gasteiger partial charge in [-0.2, -0.15) is 4.98 Å². The number of carbonyl (C=O) groups is 1. The molecule has 0 spiro atoms. The minimum atomic E-state index is -0.762. The number of carboxylic acids is 1. The first kappa shape index (κ1) is 15.7. The van der Waals surface area contributed by atoms with E-state index in [1.54, 1.807) is 12.4 Å². The van der Waals surface area contributed by atoms with Crippen molar-refractivity contribution >= 4 is 16.9 Å². The highest BCUT2D eigenvalue weighted by Crippen LogP contribution is 2.40. The molecule has 0 saturated heterocycles. The zero-order valence-corrected chi connectivity index (χ0v) is 14.3. The number of benzene rings is 1. The Kier molecular flexibility index (Phi) is 3.53. The molecule has 0 fully saturated rings. The van der Waals surface area contributed by atoms with E-state index < -0.39 is 5.97 Å². The van der Waals surface area contributed by atoms with Crippen molar-refractivity contribution in [2.24, 2.45) is 0 Å². The van der Waals surface area contributed by atoms with E-state index in [0.717, 1.165) is 40.6 Å². The number of aromatic amines is 1. The Bertz CT molecular complexity index is 1150. The fraction of sp³-hybridized carbons (Fsp3) is 0.200. The number of nitrogens with one attached hydrogen (secondary N) is 1. The number of pyridine rings is 1. The first-order chi connectivity index (χ1) is 13.2. The Morgan fingerprint density at radius 1 is 1.30 bits per heavy atom. The minimum Gasteiger partial charge on any atom is -0.481 e. The van der Waals surface area contributed by atoms with Crippen LogP contribution < -0.4 is 0 Å². The molecular weight excluding hydrogens is 344 g/mol. The monoisotopic (exact) mass is 360 g/mol. The van der Waals surface area contributed by atoms with Crippen molar-refractivity contribution in [2.75, 3.05) is 0 Å². The van der Waals surface area contributed by atoms with Crippen LogP contribution in [0.1, 0.15) is 30.0 Å². The van der Waals surface area contributed by atoms with Gasteiger partial charge in [-0.05, 0) is 48.7 Å². The Hall–Kier alpha value is -3.48. The summed E-state index contributed by atoms with van der Waals surface area (Å²) in [5.74, 6) is 0.238. The molecule has 0 radical (unpaired) electrons. The van der Waals surface area contributed by atoms with E-state index in [9.17, 15) is 4.79 Å². The molecule has 4 aromatic rings. The normalized spacial score (nSPS) is 15.9. The second kappa shape index (κ2) is 6.05. The summed E-state index contributed by atoms with van der Waals surface area (Å²) in [4.78, 5) is 23.1. The van der Waals surface area contributed by atoms with Gasteiger partial charge in [-0.15, -0.1) is 0 Å². The van der Waals surface area contributed by atoms with Crippen LogP contribution in [0.4, 0.5) is 0 Å². The molecule has 27 heavy (non-hydrogen) atoms. The van der Waals surface area contributed by atoms with Crippen LogP contribution in [0.5, 0.6) is 0 Å². The maximum absolute atomic E-state index is 11.1. The van der Waals surface area contributed by atoms with Crippen molar-refractivity contribution < 1.29 is 14.4 Å². The van der Waals surface area contributed by atoms with Gasteiger partial charge in [-0.25, -0.2) is 0 Å². The molecule has 2 N–H and O–H groups in total. The lowest BCUT2D eigenvalue weighted by molar-refractivity contribution is -0.137. The van der Waals surface area contributed by atoms with Crippen molar-refractivity contribution in [2.45, 2.75) is 25.2 Å². The smallest absolute Gasteiger partial charge is 0.304 e. The second-order valence-electron chi connectivity index (χ2n) is 6.78. The number of aliphatic carboxylic acids is 1. The van der Waals surface area contributed by atoms with Gasteiger partial charge in [-0.3, -0.25) is 9.78 Å². The van der Waals surface area contributed by atoms with Crippen molar-refractivity contribution in [3.05, 3.63) is 54.0 Å². The molecule has 134 valence electrons. The number of H-pyrrole nitrogens is 1. The van der Waals surface area contributed by atoms with E-state index >= 15 is 0 Å². The molecule has 1 aliphatic rings. The number of carboxylic acid groups (broad SMARTS) is 1. The van der Waals surface area contributed by atoms with Crippen molar-refractivity contribution in [3.8, 4) is 22.8 Å². The van der Waals surface area contributed by atoms with E-state index in [1.165, 1.54) is 5.56 Å². The highest BCUT2D eigenvalue weighted by Gasteiger charge is 2.28. The van der Waals surface area contributed by atoms with Crippen LogP contribution in [-0.2, 0) is 11.2 Å². The van der Waals surface area contributed by atoms with Crippen LogP contribution in [0.25, 0.3) is 33.7 Å². The zero-order valence-electron chi connectivity index (χ0n) is 14.3. The first-order valence-electron chi connectivity index (χ1n) is 8.80. The minimum absolute atomic E-state index is 0.0516. The molecule has 7 nitrogen and oxygen atoms in total. The Morgan fingerprint density at radius 3 is 3.04 bits per heavy atom. The van der Waals surface area contributed by atoms with E-state index in [4.69, 9.17) is 9.63 Å². The summed E-state index contributed by atoms with van der Waals surface area (Å²) in [7, 11) is 0. The summed E-state index contributed by atoms with van der Waals surface area (Å²) in [6.45, 7) is 0. The number of hydrogen-bond acceptors (Lipinski definition) is 5. The second-order valence-corrected chi connectivity index (χ2v) is 6.78. The number of fused-ring (bicyclic) bond motifs is 3. The van der Waals surface area contributed by atoms with Crippen LogP contribution >= 0.6 is 0 Å². The summed E-state index contributed by atoms with van der Waals surface area (Å²) < 4.78 is 5.38. The molecule has 0 amide bonds. The van der Waals surface area contributed by atoms with E-state index in [-0.39, 0.29) is 12.3 Å². The predicted molar refractivity (Wildman–Crippen MR) is 98.1 cm³/mol. The van der Waals surface area contributed by atoms with Crippen molar-refractivity contribution in [1.82, 2.24) is 20.1 Å². The van der Waals surface area contributed by atoms with Gasteiger partial charge in [0, 0.05) is 40.5 Å². The molecule has 1 atom stereocenters. The Morgan fingerprint density at radius 2 is 2.22 bits per heavy atom. The van der Waals surface area contributed by atoms with E-state index in [0.29, 0.717) is 11.7 Å².